The van der Waals surface area contributed by atoms with Crippen molar-refractivity contribution in [3.8, 4) is 17.5 Å². The molecule has 8 heteroatoms. The summed E-state index contributed by atoms with van der Waals surface area (Å²) in [4.78, 5) is 21.4. The molecule has 3 atom stereocenters. The topological polar surface area (TPSA) is 96.9 Å². The fourth-order valence-electron chi connectivity index (χ4n) is 4.26. The molecule has 0 radical (unpaired) electrons. The maximum Gasteiger partial charge on any atom is 0.409 e. The maximum absolute atomic E-state index is 12.2. The SMILES string of the molecule is COC(=O)N1C[C@@H](c2ccc(OC)c(Oc3nc4ccccc4[nH]3)c2)[C@](C)([C@@H](C)O)C1. The smallest absolute Gasteiger partial charge is 0.409 e. The number of hydrogen-bond donors (Lipinski definition) is 2. The molecule has 31 heavy (non-hydrogen) atoms. The van der Waals surface area contributed by atoms with Crippen LogP contribution in [0.1, 0.15) is 25.3 Å². The number of carbonyl (C=O) groups is 1. The molecule has 164 valence electrons. The van der Waals surface area contributed by atoms with Gasteiger partial charge in [0.25, 0.3) is 6.01 Å². The molecule has 1 aliphatic rings. The predicted molar refractivity (Wildman–Crippen MR) is 116 cm³/mol. The predicted octanol–water partition coefficient (Wildman–Crippen LogP) is 3.92. The van der Waals surface area contributed by atoms with Gasteiger partial charge in [0.15, 0.2) is 11.5 Å². The maximum atomic E-state index is 12.2. The van der Waals surface area contributed by atoms with Crippen molar-refractivity contribution in [3.05, 3.63) is 48.0 Å². The summed E-state index contributed by atoms with van der Waals surface area (Å²) in [5.74, 6) is 0.949. The zero-order valence-electron chi connectivity index (χ0n) is 18.1. The van der Waals surface area contributed by atoms with Crippen molar-refractivity contribution in [3.63, 3.8) is 0 Å². The Balaban J connectivity index is 1.69. The number of ether oxygens (including phenoxy) is 3. The molecule has 1 amide bonds. The van der Waals surface area contributed by atoms with Crippen LogP contribution in [0, 0.1) is 5.41 Å². The van der Waals surface area contributed by atoms with Crippen LogP contribution in [0.25, 0.3) is 11.0 Å². The fraction of sp³-hybridized carbons (Fsp3) is 0.391. The van der Waals surface area contributed by atoms with Crippen LogP contribution in [0.15, 0.2) is 42.5 Å². The van der Waals surface area contributed by atoms with Crippen molar-refractivity contribution < 1.29 is 24.1 Å². The molecule has 2 N–H and O–H groups in total. The number of methoxy groups -OCH3 is 2. The summed E-state index contributed by atoms with van der Waals surface area (Å²) in [6.45, 7) is 4.57. The summed E-state index contributed by atoms with van der Waals surface area (Å²) >= 11 is 0. The molecule has 0 unspecified atom stereocenters. The van der Waals surface area contributed by atoms with E-state index >= 15 is 0 Å². The van der Waals surface area contributed by atoms with Crippen LogP contribution in [0.2, 0.25) is 0 Å². The highest BCUT2D eigenvalue weighted by Gasteiger charge is 2.48. The van der Waals surface area contributed by atoms with E-state index in [2.05, 4.69) is 9.97 Å². The number of fused-ring (bicyclic) bond motifs is 1. The summed E-state index contributed by atoms with van der Waals surface area (Å²) in [6, 6.07) is 13.7. The lowest BCUT2D eigenvalue weighted by Gasteiger charge is -2.33. The van der Waals surface area contributed by atoms with E-state index in [0.717, 1.165) is 16.6 Å². The Morgan fingerprint density at radius 1 is 1.26 bits per heavy atom. The minimum Gasteiger partial charge on any atom is -0.493 e. The second-order valence-corrected chi connectivity index (χ2v) is 8.16. The van der Waals surface area contributed by atoms with Crippen molar-refractivity contribution in [2.75, 3.05) is 27.3 Å². The molecule has 1 fully saturated rings. The van der Waals surface area contributed by atoms with Gasteiger partial charge >= 0.3 is 6.09 Å². The van der Waals surface area contributed by atoms with Crippen LogP contribution in [-0.2, 0) is 4.74 Å². The number of aliphatic hydroxyl groups is 1. The van der Waals surface area contributed by atoms with Gasteiger partial charge < -0.3 is 29.2 Å². The monoisotopic (exact) mass is 425 g/mol. The molecule has 2 aromatic carbocycles. The molecule has 0 aliphatic carbocycles. The van der Waals surface area contributed by atoms with Gasteiger partial charge in [-0.25, -0.2) is 4.79 Å². The standard InChI is InChI=1S/C23H27N3O5/c1-14(27)23(2)13-26(22(28)30-4)12-16(23)15-9-10-19(29-3)20(11-15)31-21-24-17-7-5-6-8-18(17)25-21/h5-11,14,16,27H,12-13H2,1-4H3,(H,24,25)/t14-,16+,23+/m1/s1. The Kier molecular flexibility index (Phi) is 5.49. The van der Waals surface area contributed by atoms with Gasteiger partial charge in [-0.05, 0) is 36.8 Å². The number of likely N-dealkylation sites (tertiary alicyclic amines) is 1. The highest BCUT2D eigenvalue weighted by Crippen LogP contribution is 2.47. The number of aromatic nitrogens is 2. The van der Waals surface area contributed by atoms with E-state index in [1.54, 1.807) is 18.9 Å². The molecule has 0 bridgehead atoms. The fourth-order valence-corrected chi connectivity index (χ4v) is 4.26. The molecule has 1 saturated heterocycles. The Hall–Kier alpha value is -3.26. The van der Waals surface area contributed by atoms with Crippen molar-refractivity contribution in [2.45, 2.75) is 25.9 Å². The Bertz CT molecular complexity index is 1060. The molecule has 1 aliphatic heterocycles. The molecular weight excluding hydrogens is 398 g/mol. The van der Waals surface area contributed by atoms with Gasteiger partial charge in [0.2, 0.25) is 0 Å². The Morgan fingerprint density at radius 3 is 2.71 bits per heavy atom. The molecule has 8 nitrogen and oxygen atoms in total. The third-order valence-corrected chi connectivity index (χ3v) is 6.28. The number of H-pyrrole nitrogens is 1. The van der Waals surface area contributed by atoms with Crippen LogP contribution in [0.3, 0.4) is 0 Å². The van der Waals surface area contributed by atoms with E-state index in [1.165, 1.54) is 7.11 Å². The Labute approximate surface area is 180 Å². The van der Waals surface area contributed by atoms with E-state index in [1.807, 2.05) is 49.4 Å². The lowest BCUT2D eigenvalue weighted by Crippen LogP contribution is -2.38. The number of nitrogens with zero attached hydrogens (tertiary/aromatic N) is 2. The van der Waals surface area contributed by atoms with Crippen molar-refractivity contribution in [1.29, 1.82) is 0 Å². The number of hydrogen-bond acceptors (Lipinski definition) is 6. The second-order valence-electron chi connectivity index (χ2n) is 8.16. The summed E-state index contributed by atoms with van der Waals surface area (Å²) in [5, 5.41) is 10.6. The number of aliphatic hydroxyl groups excluding tert-OH is 1. The van der Waals surface area contributed by atoms with E-state index in [0.29, 0.717) is 30.6 Å². The van der Waals surface area contributed by atoms with Gasteiger partial charge in [-0.15, -0.1) is 0 Å². The van der Waals surface area contributed by atoms with E-state index in [-0.39, 0.29) is 5.92 Å². The lowest BCUT2D eigenvalue weighted by molar-refractivity contribution is 0.0470. The first kappa shape index (κ1) is 21.0. The molecule has 0 saturated carbocycles. The number of nitrogens with one attached hydrogen (secondary N) is 1. The van der Waals surface area contributed by atoms with Gasteiger partial charge in [-0.2, -0.15) is 4.98 Å². The number of amides is 1. The molecule has 4 rings (SSSR count). The van der Waals surface area contributed by atoms with Crippen LogP contribution in [-0.4, -0.2) is 59.5 Å². The Morgan fingerprint density at radius 2 is 2.03 bits per heavy atom. The normalized spacial score (nSPS) is 21.8. The quantitative estimate of drug-likeness (QED) is 0.643. The summed E-state index contributed by atoms with van der Waals surface area (Å²) < 4.78 is 16.4. The first-order chi connectivity index (χ1) is 14.9. The first-order valence-corrected chi connectivity index (χ1v) is 10.2. The summed E-state index contributed by atoms with van der Waals surface area (Å²) in [6.07, 6.45) is -1.03. The third kappa shape index (κ3) is 3.79. The number of para-hydroxylation sites is 2. The summed E-state index contributed by atoms with van der Waals surface area (Å²) in [7, 11) is 2.94. The number of carbonyl (C=O) groups excluding carboxylic acids is 1. The largest absolute Gasteiger partial charge is 0.493 e. The highest BCUT2D eigenvalue weighted by molar-refractivity contribution is 5.75. The first-order valence-electron chi connectivity index (χ1n) is 10.2. The minimum atomic E-state index is -0.631. The van der Waals surface area contributed by atoms with Crippen molar-refractivity contribution in [1.82, 2.24) is 14.9 Å². The minimum absolute atomic E-state index is 0.115. The molecular formula is C23H27N3O5. The van der Waals surface area contributed by atoms with Gasteiger partial charge in [0, 0.05) is 24.4 Å². The van der Waals surface area contributed by atoms with E-state index in [4.69, 9.17) is 14.2 Å². The third-order valence-electron chi connectivity index (χ3n) is 6.28. The number of aromatic amines is 1. The average molecular weight is 425 g/mol. The lowest BCUT2D eigenvalue weighted by atomic mass is 9.72. The van der Waals surface area contributed by atoms with Gasteiger partial charge in [0.05, 0.1) is 31.4 Å². The zero-order chi connectivity index (χ0) is 22.2. The van der Waals surface area contributed by atoms with Crippen molar-refractivity contribution >= 4 is 17.1 Å². The number of imidazole rings is 1. The molecule has 2 heterocycles. The van der Waals surface area contributed by atoms with Crippen LogP contribution >= 0.6 is 0 Å². The molecule has 3 aromatic rings. The van der Waals surface area contributed by atoms with Crippen LogP contribution in [0.5, 0.6) is 17.5 Å². The van der Waals surface area contributed by atoms with Gasteiger partial charge in [0.1, 0.15) is 0 Å². The average Bonchev–Trinajstić information content (AvgIpc) is 3.34. The van der Waals surface area contributed by atoms with Crippen LogP contribution in [0.4, 0.5) is 4.79 Å². The van der Waals surface area contributed by atoms with E-state index < -0.39 is 17.6 Å². The second kappa shape index (κ2) is 8.11. The summed E-state index contributed by atoms with van der Waals surface area (Å²) in [5.41, 5.74) is 2.07. The van der Waals surface area contributed by atoms with Crippen molar-refractivity contribution in [2.24, 2.45) is 5.41 Å². The zero-order valence-corrected chi connectivity index (χ0v) is 18.1. The number of rotatable bonds is 5. The highest BCUT2D eigenvalue weighted by atomic mass is 16.5. The molecule has 0 spiro atoms. The molecule has 1 aromatic heterocycles. The van der Waals surface area contributed by atoms with Gasteiger partial charge in [-0.1, -0.05) is 25.1 Å². The van der Waals surface area contributed by atoms with Crippen LogP contribution < -0.4 is 9.47 Å². The number of benzene rings is 2. The van der Waals surface area contributed by atoms with E-state index in [9.17, 15) is 9.90 Å². The van der Waals surface area contributed by atoms with Gasteiger partial charge in [-0.3, -0.25) is 0 Å².